The molecule has 0 aliphatic carbocycles. The van der Waals surface area contributed by atoms with Crippen molar-refractivity contribution < 1.29 is 4.79 Å². The van der Waals surface area contributed by atoms with E-state index in [1.54, 1.807) is 29.2 Å². The van der Waals surface area contributed by atoms with Crippen LogP contribution in [0, 0.1) is 0 Å². The highest BCUT2D eigenvalue weighted by molar-refractivity contribution is 5.92. The van der Waals surface area contributed by atoms with Gasteiger partial charge in [-0.2, -0.15) is 0 Å². The average molecular weight is 230 g/mol. The number of hydrogen-bond acceptors (Lipinski definition) is 3. The van der Waals surface area contributed by atoms with Crippen LogP contribution in [0.4, 0.5) is 0 Å². The number of aryl methyl sites for hydroxylation is 1. The van der Waals surface area contributed by atoms with Crippen molar-refractivity contribution in [1.82, 2.24) is 19.9 Å². The van der Waals surface area contributed by atoms with E-state index in [2.05, 4.69) is 15.3 Å². The van der Waals surface area contributed by atoms with Crippen molar-refractivity contribution in [3.05, 3.63) is 48.3 Å². The van der Waals surface area contributed by atoms with E-state index in [1.165, 1.54) is 0 Å². The quantitative estimate of drug-likeness (QED) is 0.864. The van der Waals surface area contributed by atoms with E-state index >= 15 is 0 Å². The van der Waals surface area contributed by atoms with Crippen molar-refractivity contribution in [1.29, 1.82) is 0 Å². The molecule has 2 aromatic heterocycles. The normalized spacial score (nSPS) is 12.1. The molecule has 0 radical (unpaired) electrons. The van der Waals surface area contributed by atoms with Crippen molar-refractivity contribution in [2.75, 3.05) is 0 Å². The number of carbonyl (C=O) groups excluding carboxylic acids is 1. The topological polar surface area (TPSA) is 59.8 Å². The van der Waals surface area contributed by atoms with Crippen LogP contribution in [0.3, 0.4) is 0 Å². The number of rotatable bonds is 3. The van der Waals surface area contributed by atoms with Crippen LogP contribution in [0.5, 0.6) is 0 Å². The summed E-state index contributed by atoms with van der Waals surface area (Å²) in [6.45, 7) is 1.88. The minimum Gasteiger partial charge on any atom is -0.347 e. The van der Waals surface area contributed by atoms with Crippen LogP contribution in [-0.4, -0.2) is 20.4 Å². The Kier molecular flexibility index (Phi) is 3.18. The van der Waals surface area contributed by atoms with E-state index < -0.39 is 0 Å². The van der Waals surface area contributed by atoms with Crippen molar-refractivity contribution in [3.63, 3.8) is 0 Å². The Hall–Kier alpha value is -2.17. The fraction of sp³-hybridized carbons (Fsp3) is 0.250. The summed E-state index contributed by atoms with van der Waals surface area (Å²) >= 11 is 0. The SMILES string of the molecule is C[C@@H](NC(=O)c1cccn1C)c1cnccn1. The zero-order valence-corrected chi connectivity index (χ0v) is 9.79. The summed E-state index contributed by atoms with van der Waals surface area (Å²) in [6.07, 6.45) is 6.70. The fourth-order valence-corrected chi connectivity index (χ4v) is 1.58. The largest absolute Gasteiger partial charge is 0.347 e. The van der Waals surface area contributed by atoms with Gasteiger partial charge in [-0.15, -0.1) is 0 Å². The Morgan fingerprint density at radius 2 is 2.29 bits per heavy atom. The highest BCUT2D eigenvalue weighted by Crippen LogP contribution is 2.08. The summed E-state index contributed by atoms with van der Waals surface area (Å²) in [5.74, 6) is -0.115. The second kappa shape index (κ2) is 4.78. The Balaban J connectivity index is 2.08. The van der Waals surface area contributed by atoms with Gasteiger partial charge in [0.05, 0.1) is 17.9 Å². The highest BCUT2D eigenvalue weighted by atomic mass is 16.2. The number of amides is 1. The Morgan fingerprint density at radius 1 is 1.47 bits per heavy atom. The standard InChI is InChI=1S/C12H14N4O/c1-9(10-8-13-5-6-14-10)15-12(17)11-4-3-7-16(11)2/h3-9H,1-2H3,(H,15,17)/t9-/m1/s1. The zero-order valence-electron chi connectivity index (χ0n) is 9.79. The molecule has 2 aromatic rings. The summed E-state index contributed by atoms with van der Waals surface area (Å²) in [7, 11) is 1.84. The Bertz CT molecular complexity index is 506. The van der Waals surface area contributed by atoms with Gasteiger partial charge in [-0.1, -0.05) is 0 Å². The second-order valence-electron chi connectivity index (χ2n) is 3.83. The molecule has 2 rings (SSSR count). The van der Waals surface area contributed by atoms with E-state index in [4.69, 9.17) is 0 Å². The predicted octanol–water partition coefficient (Wildman–Crippen LogP) is 1.31. The third-order valence-corrected chi connectivity index (χ3v) is 2.55. The molecule has 0 aromatic carbocycles. The molecule has 0 fully saturated rings. The number of hydrogen-bond donors (Lipinski definition) is 1. The van der Waals surface area contributed by atoms with E-state index in [0.29, 0.717) is 5.69 Å². The maximum Gasteiger partial charge on any atom is 0.268 e. The molecule has 0 saturated carbocycles. The molecule has 0 aliphatic heterocycles. The molecule has 17 heavy (non-hydrogen) atoms. The van der Waals surface area contributed by atoms with Gasteiger partial charge < -0.3 is 9.88 Å². The molecule has 5 nitrogen and oxygen atoms in total. The lowest BCUT2D eigenvalue weighted by Gasteiger charge is -2.13. The minimum atomic E-state index is -0.161. The van der Waals surface area contributed by atoms with Gasteiger partial charge in [-0.3, -0.25) is 14.8 Å². The summed E-state index contributed by atoms with van der Waals surface area (Å²) in [4.78, 5) is 20.1. The van der Waals surface area contributed by atoms with E-state index in [-0.39, 0.29) is 11.9 Å². The Morgan fingerprint density at radius 3 is 2.88 bits per heavy atom. The first-order valence-corrected chi connectivity index (χ1v) is 5.36. The van der Waals surface area contributed by atoms with Gasteiger partial charge in [0.25, 0.3) is 5.91 Å². The summed E-state index contributed by atoms with van der Waals surface area (Å²) in [5.41, 5.74) is 1.37. The molecular formula is C12H14N4O. The third kappa shape index (κ3) is 2.50. The smallest absolute Gasteiger partial charge is 0.268 e. The van der Waals surface area contributed by atoms with E-state index in [9.17, 15) is 4.79 Å². The summed E-state index contributed by atoms with van der Waals surface area (Å²) in [6, 6.07) is 3.45. The molecule has 0 unspecified atom stereocenters. The highest BCUT2D eigenvalue weighted by Gasteiger charge is 2.13. The number of nitrogens with zero attached hydrogens (tertiary/aromatic N) is 3. The van der Waals surface area contributed by atoms with Crippen LogP contribution < -0.4 is 5.32 Å². The van der Waals surface area contributed by atoms with E-state index in [0.717, 1.165) is 5.69 Å². The van der Waals surface area contributed by atoms with Gasteiger partial charge in [0.2, 0.25) is 0 Å². The van der Waals surface area contributed by atoms with Crippen molar-refractivity contribution in [3.8, 4) is 0 Å². The zero-order chi connectivity index (χ0) is 12.3. The molecular weight excluding hydrogens is 216 g/mol. The van der Waals surface area contributed by atoms with Crippen LogP contribution in [0.25, 0.3) is 0 Å². The molecule has 1 amide bonds. The molecule has 0 bridgehead atoms. The van der Waals surface area contributed by atoms with Gasteiger partial charge in [0.1, 0.15) is 5.69 Å². The van der Waals surface area contributed by atoms with Gasteiger partial charge in [0.15, 0.2) is 0 Å². The lowest BCUT2D eigenvalue weighted by atomic mass is 10.2. The fourth-order valence-electron chi connectivity index (χ4n) is 1.58. The molecule has 1 atom stereocenters. The van der Waals surface area contributed by atoms with Gasteiger partial charge in [-0.25, -0.2) is 0 Å². The van der Waals surface area contributed by atoms with Crippen molar-refractivity contribution in [2.45, 2.75) is 13.0 Å². The minimum absolute atomic E-state index is 0.115. The lowest BCUT2D eigenvalue weighted by molar-refractivity contribution is 0.0931. The molecule has 0 spiro atoms. The second-order valence-corrected chi connectivity index (χ2v) is 3.83. The number of nitrogens with one attached hydrogen (secondary N) is 1. The monoisotopic (exact) mass is 230 g/mol. The number of aromatic nitrogens is 3. The molecule has 0 saturated heterocycles. The van der Waals surface area contributed by atoms with Crippen LogP contribution >= 0.6 is 0 Å². The molecule has 2 heterocycles. The molecule has 88 valence electrons. The first kappa shape index (κ1) is 11.3. The first-order valence-electron chi connectivity index (χ1n) is 5.36. The molecule has 5 heteroatoms. The van der Waals surface area contributed by atoms with Crippen LogP contribution in [0.2, 0.25) is 0 Å². The van der Waals surface area contributed by atoms with E-state index in [1.807, 2.05) is 26.2 Å². The predicted molar refractivity (Wildman–Crippen MR) is 63.3 cm³/mol. The van der Waals surface area contributed by atoms with Crippen LogP contribution in [0.15, 0.2) is 36.9 Å². The lowest BCUT2D eigenvalue weighted by Crippen LogP contribution is -2.28. The maximum atomic E-state index is 11.9. The molecule has 0 aliphatic rings. The number of carbonyl (C=O) groups is 1. The average Bonchev–Trinajstić information content (AvgIpc) is 2.76. The summed E-state index contributed by atoms with van der Waals surface area (Å²) in [5, 5.41) is 2.88. The van der Waals surface area contributed by atoms with Crippen LogP contribution in [-0.2, 0) is 7.05 Å². The summed E-state index contributed by atoms with van der Waals surface area (Å²) < 4.78 is 1.78. The molecule has 1 N–H and O–H groups in total. The maximum absolute atomic E-state index is 11.9. The van der Waals surface area contributed by atoms with Crippen molar-refractivity contribution in [2.24, 2.45) is 7.05 Å². The first-order chi connectivity index (χ1) is 8.18. The van der Waals surface area contributed by atoms with Crippen LogP contribution in [0.1, 0.15) is 29.1 Å². The third-order valence-electron chi connectivity index (χ3n) is 2.55. The van der Waals surface area contributed by atoms with Gasteiger partial charge in [0, 0.05) is 25.6 Å². The van der Waals surface area contributed by atoms with Gasteiger partial charge >= 0.3 is 0 Å². The van der Waals surface area contributed by atoms with Gasteiger partial charge in [-0.05, 0) is 19.1 Å². The van der Waals surface area contributed by atoms with Crippen molar-refractivity contribution >= 4 is 5.91 Å². The Labute approximate surface area is 99.5 Å².